The molecular weight excluding hydrogens is 546 g/mol. The minimum atomic E-state index is -2.82. The van der Waals surface area contributed by atoms with E-state index in [9.17, 15) is 18.4 Å². The van der Waals surface area contributed by atoms with Gasteiger partial charge < -0.3 is 25.6 Å². The first-order valence-corrected chi connectivity index (χ1v) is 13.9. The monoisotopic (exact) mass is 576 g/mol. The van der Waals surface area contributed by atoms with Crippen molar-refractivity contribution < 1.29 is 23.1 Å². The zero-order chi connectivity index (χ0) is 29.1. The summed E-state index contributed by atoms with van der Waals surface area (Å²) in [6.07, 6.45) is -1.12. The van der Waals surface area contributed by atoms with Crippen LogP contribution in [-0.4, -0.2) is 76.8 Å². The molecule has 13 heteroatoms. The summed E-state index contributed by atoms with van der Waals surface area (Å²) in [5.41, 5.74) is 2.72. The number of hydrogen-bond acceptors (Lipinski definition) is 8. The Balaban J connectivity index is 1.28. The van der Waals surface area contributed by atoms with Crippen LogP contribution >= 0.6 is 0 Å². The molecule has 42 heavy (non-hydrogen) atoms. The van der Waals surface area contributed by atoms with Crippen LogP contribution in [-0.2, 0) is 14.3 Å². The molecule has 2 aliphatic rings. The van der Waals surface area contributed by atoms with E-state index in [-0.39, 0.29) is 30.2 Å². The molecule has 11 nitrogen and oxygen atoms in total. The van der Waals surface area contributed by atoms with Gasteiger partial charge in [0.1, 0.15) is 5.82 Å². The number of morpholine rings is 1. The number of carbonyl (C=O) groups excluding carboxylic acids is 2. The number of benzene rings is 2. The molecule has 6 rings (SSSR count). The van der Waals surface area contributed by atoms with Gasteiger partial charge >= 0.3 is 0 Å². The third-order valence-electron chi connectivity index (χ3n) is 7.27. The molecule has 0 saturated carbocycles. The third kappa shape index (κ3) is 5.92. The van der Waals surface area contributed by atoms with Crippen molar-refractivity contribution in [2.75, 3.05) is 49.6 Å². The summed E-state index contributed by atoms with van der Waals surface area (Å²) in [6, 6.07) is 15.4. The maximum absolute atomic E-state index is 14.1. The molecule has 218 valence electrons. The molecule has 4 aromatic rings. The smallest absolute Gasteiger partial charge is 0.296 e. The number of aromatic nitrogens is 4. The normalized spacial score (nSPS) is 17.1. The van der Waals surface area contributed by atoms with Crippen molar-refractivity contribution >= 4 is 34.5 Å². The Kier molecular flexibility index (Phi) is 8.02. The van der Waals surface area contributed by atoms with Crippen molar-refractivity contribution in [1.82, 2.24) is 30.2 Å². The van der Waals surface area contributed by atoms with Crippen molar-refractivity contribution in [3.8, 4) is 17.1 Å². The second-order valence-corrected chi connectivity index (χ2v) is 10.1. The molecule has 3 N–H and O–H groups in total. The van der Waals surface area contributed by atoms with Crippen LogP contribution in [0.25, 0.3) is 28.1 Å². The van der Waals surface area contributed by atoms with Gasteiger partial charge in [0, 0.05) is 30.4 Å². The molecule has 2 aliphatic heterocycles. The maximum Gasteiger partial charge on any atom is 0.296 e. The molecule has 0 spiro atoms. The van der Waals surface area contributed by atoms with Crippen LogP contribution in [0.3, 0.4) is 0 Å². The SMILES string of the molecule is O=C(CNC(=O)[C@@H]1CCCN1)Nc1ccc(-c2cc(-n3c(C(F)F)nc4ccccc43)nc(N3CCOCC3)n2)cc1. The first-order valence-electron chi connectivity index (χ1n) is 13.9. The van der Waals surface area contributed by atoms with E-state index in [4.69, 9.17) is 14.7 Å². The van der Waals surface area contributed by atoms with Gasteiger partial charge in [0.2, 0.25) is 17.8 Å². The van der Waals surface area contributed by atoms with Gasteiger partial charge in [-0.15, -0.1) is 0 Å². The molecule has 0 unspecified atom stereocenters. The first kappa shape index (κ1) is 27.7. The van der Waals surface area contributed by atoms with Crippen molar-refractivity contribution in [1.29, 1.82) is 0 Å². The number of ether oxygens (including phenoxy) is 1. The number of carbonyl (C=O) groups is 2. The number of fused-ring (bicyclic) bond motifs is 1. The van der Waals surface area contributed by atoms with E-state index in [0.29, 0.717) is 60.2 Å². The quantitative estimate of drug-likeness (QED) is 0.292. The molecule has 0 bridgehead atoms. The van der Waals surface area contributed by atoms with E-state index >= 15 is 0 Å². The number of halogens is 2. The predicted molar refractivity (Wildman–Crippen MR) is 153 cm³/mol. The van der Waals surface area contributed by atoms with E-state index in [0.717, 1.165) is 19.4 Å². The van der Waals surface area contributed by atoms with Crippen molar-refractivity contribution in [3.05, 3.63) is 60.4 Å². The summed E-state index contributed by atoms with van der Waals surface area (Å²) < 4.78 is 35.1. The largest absolute Gasteiger partial charge is 0.378 e. The average molecular weight is 577 g/mol. The minimum absolute atomic E-state index is 0.137. The number of hydrogen-bond donors (Lipinski definition) is 3. The second kappa shape index (κ2) is 12.2. The van der Waals surface area contributed by atoms with E-state index in [1.807, 2.05) is 4.90 Å². The standard InChI is InChI=1S/C29H30F2N8O3/c30-26(31)27-35-20-4-1-2-6-23(20)39(27)24-16-22(36-29(37-24)38-12-14-42-15-13-38)18-7-9-19(10-8-18)34-25(40)17-33-28(41)21-5-3-11-32-21/h1-2,4,6-10,16,21,26,32H,3,5,11-15,17H2,(H,33,41)(H,34,40)/t21-/m0/s1. The topological polar surface area (TPSA) is 126 Å². The van der Waals surface area contributed by atoms with Gasteiger partial charge in [0.15, 0.2) is 5.82 Å². The lowest BCUT2D eigenvalue weighted by molar-refractivity contribution is -0.125. The summed E-state index contributed by atoms with van der Waals surface area (Å²) in [6.45, 7) is 2.80. The fourth-order valence-electron chi connectivity index (χ4n) is 5.15. The number of para-hydroxylation sites is 2. The third-order valence-corrected chi connectivity index (χ3v) is 7.27. The zero-order valence-electron chi connectivity index (χ0n) is 22.7. The van der Waals surface area contributed by atoms with E-state index in [1.165, 1.54) is 4.57 Å². The van der Waals surface area contributed by atoms with Crippen molar-refractivity contribution in [3.63, 3.8) is 0 Å². The van der Waals surface area contributed by atoms with Crippen molar-refractivity contribution in [2.24, 2.45) is 0 Å². The number of nitrogens with zero attached hydrogens (tertiary/aromatic N) is 5. The Labute approximate surface area is 240 Å². The van der Waals surface area contributed by atoms with Gasteiger partial charge in [-0.25, -0.2) is 18.7 Å². The lowest BCUT2D eigenvalue weighted by atomic mass is 10.1. The molecule has 2 fully saturated rings. The summed E-state index contributed by atoms with van der Waals surface area (Å²) in [7, 11) is 0. The second-order valence-electron chi connectivity index (χ2n) is 10.1. The number of imidazole rings is 1. The van der Waals surface area contributed by atoms with E-state index < -0.39 is 12.2 Å². The van der Waals surface area contributed by atoms with Crippen LogP contribution in [0.2, 0.25) is 0 Å². The summed E-state index contributed by atoms with van der Waals surface area (Å²) in [4.78, 5) is 40.2. The summed E-state index contributed by atoms with van der Waals surface area (Å²) in [5, 5.41) is 8.54. The van der Waals surface area contributed by atoms with E-state index in [1.54, 1.807) is 54.6 Å². The minimum Gasteiger partial charge on any atom is -0.378 e. The molecule has 2 aromatic carbocycles. The highest BCUT2D eigenvalue weighted by Gasteiger charge is 2.24. The van der Waals surface area contributed by atoms with Gasteiger partial charge in [-0.3, -0.25) is 14.2 Å². The van der Waals surface area contributed by atoms with Crippen molar-refractivity contribution in [2.45, 2.75) is 25.3 Å². The lowest BCUT2D eigenvalue weighted by Crippen LogP contribution is -2.43. The number of nitrogens with one attached hydrogen (secondary N) is 3. The first-order chi connectivity index (χ1) is 20.5. The molecule has 4 heterocycles. The molecule has 0 radical (unpaired) electrons. The van der Waals surface area contributed by atoms with Crippen LogP contribution in [0.5, 0.6) is 0 Å². The number of amides is 2. The number of alkyl halides is 2. The summed E-state index contributed by atoms with van der Waals surface area (Å²) >= 11 is 0. The predicted octanol–water partition coefficient (Wildman–Crippen LogP) is 3.06. The summed E-state index contributed by atoms with van der Waals surface area (Å²) in [5.74, 6) is -0.263. The van der Waals surface area contributed by atoms with Crippen LogP contribution in [0.1, 0.15) is 25.1 Å². The fourth-order valence-corrected chi connectivity index (χ4v) is 5.15. The number of anilines is 2. The molecule has 2 amide bonds. The molecule has 2 saturated heterocycles. The fraction of sp³-hybridized carbons (Fsp3) is 0.345. The van der Waals surface area contributed by atoms with Gasteiger partial charge in [-0.05, 0) is 43.7 Å². The number of rotatable bonds is 8. The Morgan fingerprint density at radius 1 is 1.05 bits per heavy atom. The van der Waals surface area contributed by atoms with Crippen LogP contribution in [0, 0.1) is 0 Å². The molecule has 1 atom stereocenters. The Morgan fingerprint density at radius 2 is 1.83 bits per heavy atom. The van der Waals surface area contributed by atoms with Gasteiger partial charge in [-0.1, -0.05) is 24.3 Å². The Hall–Kier alpha value is -4.49. The van der Waals surface area contributed by atoms with Crippen LogP contribution in [0.4, 0.5) is 20.4 Å². The molecular formula is C29H30F2N8O3. The van der Waals surface area contributed by atoms with Gasteiger partial charge in [0.25, 0.3) is 6.43 Å². The Bertz CT molecular complexity index is 1580. The highest BCUT2D eigenvalue weighted by molar-refractivity contribution is 5.95. The van der Waals surface area contributed by atoms with E-state index in [2.05, 4.69) is 20.9 Å². The highest BCUT2D eigenvalue weighted by atomic mass is 19.3. The molecule has 2 aromatic heterocycles. The lowest BCUT2D eigenvalue weighted by Gasteiger charge is -2.27. The average Bonchev–Trinajstić information content (AvgIpc) is 3.70. The zero-order valence-corrected chi connectivity index (χ0v) is 22.7. The van der Waals surface area contributed by atoms with Gasteiger partial charge in [0.05, 0.1) is 42.5 Å². The molecule has 0 aliphatic carbocycles. The van der Waals surface area contributed by atoms with Gasteiger partial charge in [-0.2, -0.15) is 4.98 Å². The van der Waals surface area contributed by atoms with Crippen LogP contribution < -0.4 is 20.9 Å². The maximum atomic E-state index is 14.1. The highest BCUT2D eigenvalue weighted by Crippen LogP contribution is 2.30. The van der Waals surface area contributed by atoms with Crippen LogP contribution in [0.15, 0.2) is 54.6 Å². The Morgan fingerprint density at radius 3 is 2.57 bits per heavy atom.